The van der Waals surface area contributed by atoms with Gasteiger partial charge in [-0.05, 0) is 66.4 Å². The fourth-order valence-electron chi connectivity index (χ4n) is 5.74. The average Bonchev–Trinajstić information content (AvgIpc) is 3.07. The Bertz CT molecular complexity index is 1050. The van der Waals surface area contributed by atoms with E-state index in [0.717, 1.165) is 55.6 Å². The molecule has 2 aromatic rings. The van der Waals surface area contributed by atoms with Gasteiger partial charge in [-0.25, -0.2) is 4.79 Å². The van der Waals surface area contributed by atoms with Gasteiger partial charge in [-0.15, -0.1) is 0 Å². The molecule has 1 amide bonds. The maximum absolute atomic E-state index is 12.9. The van der Waals surface area contributed by atoms with E-state index < -0.39 is 0 Å². The van der Waals surface area contributed by atoms with Gasteiger partial charge in [0.25, 0.3) is 0 Å². The van der Waals surface area contributed by atoms with E-state index in [2.05, 4.69) is 47.2 Å². The first-order valence-corrected chi connectivity index (χ1v) is 11.8. The largest absolute Gasteiger partial charge is 0.481 e. The van der Waals surface area contributed by atoms with Gasteiger partial charge in [0.15, 0.2) is 0 Å². The Kier molecular flexibility index (Phi) is 5.69. The van der Waals surface area contributed by atoms with Crippen LogP contribution in [0.5, 0.6) is 11.8 Å². The fourth-order valence-corrected chi connectivity index (χ4v) is 5.74. The fraction of sp³-hybridized carbons (Fsp3) is 0.538. The van der Waals surface area contributed by atoms with Gasteiger partial charge < -0.3 is 19.5 Å². The average molecular weight is 452 g/mol. The summed E-state index contributed by atoms with van der Waals surface area (Å²) in [6.07, 6.45) is 2.83. The zero-order chi connectivity index (χ0) is 23.2. The Balaban J connectivity index is 1.35. The molecule has 1 aliphatic carbocycles. The number of benzene rings is 1. The molecule has 33 heavy (non-hydrogen) atoms. The summed E-state index contributed by atoms with van der Waals surface area (Å²) in [7, 11) is 3.20. The van der Waals surface area contributed by atoms with Crippen molar-refractivity contribution in [2.75, 3.05) is 33.9 Å². The molecule has 7 heteroatoms. The number of aromatic nitrogens is 1. The highest BCUT2D eigenvalue weighted by atomic mass is 16.6. The minimum Gasteiger partial charge on any atom is -0.481 e. The summed E-state index contributed by atoms with van der Waals surface area (Å²) in [4.78, 5) is 19.7. The number of fused-ring (bicyclic) bond motifs is 4. The van der Waals surface area contributed by atoms with Crippen molar-refractivity contribution in [2.24, 2.45) is 11.3 Å². The molecule has 4 aliphatic rings. The van der Waals surface area contributed by atoms with Crippen LogP contribution in [0.15, 0.2) is 30.3 Å². The van der Waals surface area contributed by atoms with E-state index in [9.17, 15) is 4.79 Å². The van der Waals surface area contributed by atoms with E-state index in [0.29, 0.717) is 17.7 Å². The molecule has 1 unspecified atom stereocenters. The zero-order valence-electron chi connectivity index (χ0n) is 19.9. The molecule has 2 bridgehead atoms. The number of carbonyl (C=O) groups is 1. The molecule has 1 aromatic carbocycles. The number of methoxy groups -OCH3 is 2. The summed E-state index contributed by atoms with van der Waals surface area (Å²) in [6.45, 7) is 7.52. The molecule has 7 nitrogen and oxygen atoms in total. The predicted octanol–water partition coefficient (Wildman–Crippen LogP) is 4.21. The highest BCUT2D eigenvalue weighted by Crippen LogP contribution is 2.47. The minimum absolute atomic E-state index is 0.00824. The number of piperidine rings is 3. The maximum atomic E-state index is 12.9. The molecule has 4 heterocycles. The quantitative estimate of drug-likeness (QED) is 0.734. The number of hydrogen-bond acceptors (Lipinski definition) is 6. The number of amides is 1. The Labute approximate surface area is 195 Å². The topological polar surface area (TPSA) is 72.9 Å². The molecule has 6 rings (SSSR count). The highest BCUT2D eigenvalue weighted by Gasteiger charge is 2.42. The standard InChI is InChI=1S/C26H33N3O4/c1-26(2)14-18-13-17(20-7-8-22(31-3)27-24(20)32-4)5-6-19(18)23(26)28-25(30)33-21-15-29-11-9-16(21)10-12-29/h5-8,13,16,21,23H,9-12,14-15H2,1-4H3,(H,28,30)/t21-,23?/m0/s1. The number of hydrogen-bond donors (Lipinski definition) is 1. The SMILES string of the molecule is COc1ccc(-c2ccc3c(c2)CC(C)(C)C3NC(=O)O[C@H]2CN3CCC2CC3)c(OC)n1. The van der Waals surface area contributed by atoms with Crippen molar-refractivity contribution < 1.29 is 19.0 Å². The Morgan fingerprint density at radius 1 is 1.12 bits per heavy atom. The van der Waals surface area contributed by atoms with Crippen LogP contribution in [0.25, 0.3) is 11.1 Å². The molecular weight excluding hydrogens is 418 g/mol. The van der Waals surface area contributed by atoms with E-state index in [-0.39, 0.29) is 23.7 Å². The van der Waals surface area contributed by atoms with Crippen molar-refractivity contribution in [3.63, 3.8) is 0 Å². The zero-order valence-corrected chi connectivity index (χ0v) is 19.9. The molecule has 0 spiro atoms. The van der Waals surface area contributed by atoms with Gasteiger partial charge in [-0.1, -0.05) is 32.0 Å². The number of alkyl carbamates (subject to hydrolysis) is 1. The minimum atomic E-state index is -0.301. The van der Waals surface area contributed by atoms with Gasteiger partial charge in [-0.2, -0.15) is 4.98 Å². The van der Waals surface area contributed by atoms with Crippen molar-refractivity contribution in [2.45, 2.75) is 45.3 Å². The first kappa shape index (κ1) is 22.0. The second-order valence-electron chi connectivity index (χ2n) is 10.1. The van der Waals surface area contributed by atoms with Crippen molar-refractivity contribution in [3.05, 3.63) is 41.5 Å². The first-order chi connectivity index (χ1) is 15.9. The van der Waals surface area contributed by atoms with Crippen LogP contribution in [0, 0.1) is 11.3 Å². The van der Waals surface area contributed by atoms with Gasteiger partial charge in [0.05, 0.1) is 20.3 Å². The number of nitrogens with zero attached hydrogens (tertiary/aromatic N) is 2. The number of ether oxygens (including phenoxy) is 3. The normalized spacial score (nSPS) is 27.0. The van der Waals surface area contributed by atoms with Gasteiger partial charge >= 0.3 is 6.09 Å². The van der Waals surface area contributed by atoms with Crippen LogP contribution in [0.1, 0.15) is 43.9 Å². The number of pyridine rings is 1. The van der Waals surface area contributed by atoms with Crippen LogP contribution < -0.4 is 14.8 Å². The van der Waals surface area contributed by atoms with E-state index in [1.807, 2.05) is 12.1 Å². The highest BCUT2D eigenvalue weighted by molar-refractivity contribution is 5.72. The molecule has 1 aromatic heterocycles. The third-order valence-corrected chi connectivity index (χ3v) is 7.55. The number of nitrogens with one attached hydrogen (secondary N) is 1. The predicted molar refractivity (Wildman–Crippen MR) is 126 cm³/mol. The molecule has 2 atom stereocenters. The van der Waals surface area contributed by atoms with Crippen LogP contribution in [0.4, 0.5) is 4.79 Å². The van der Waals surface area contributed by atoms with Crippen molar-refractivity contribution >= 4 is 6.09 Å². The van der Waals surface area contributed by atoms with Crippen LogP contribution in [0.2, 0.25) is 0 Å². The lowest BCUT2D eigenvalue weighted by Gasteiger charge is -2.44. The van der Waals surface area contributed by atoms with Crippen molar-refractivity contribution in [1.82, 2.24) is 15.2 Å². The summed E-state index contributed by atoms with van der Waals surface area (Å²) in [5.41, 5.74) is 4.21. The molecule has 0 saturated carbocycles. The maximum Gasteiger partial charge on any atom is 0.407 e. The van der Waals surface area contributed by atoms with Gasteiger partial charge in [0.1, 0.15) is 6.10 Å². The van der Waals surface area contributed by atoms with Crippen LogP contribution >= 0.6 is 0 Å². The molecule has 1 N–H and O–H groups in total. The van der Waals surface area contributed by atoms with Gasteiger partial charge in [-0.3, -0.25) is 4.90 Å². The smallest absolute Gasteiger partial charge is 0.407 e. The van der Waals surface area contributed by atoms with E-state index in [1.54, 1.807) is 14.2 Å². The first-order valence-electron chi connectivity index (χ1n) is 11.8. The third-order valence-electron chi connectivity index (χ3n) is 7.55. The van der Waals surface area contributed by atoms with E-state index in [4.69, 9.17) is 14.2 Å². The summed E-state index contributed by atoms with van der Waals surface area (Å²) < 4.78 is 16.6. The van der Waals surface area contributed by atoms with Gasteiger partial charge in [0.2, 0.25) is 11.8 Å². The second kappa shape index (κ2) is 8.52. The molecular formula is C26H33N3O4. The molecule has 3 aliphatic heterocycles. The second-order valence-corrected chi connectivity index (χ2v) is 10.1. The Hall–Kier alpha value is -2.80. The molecule has 3 saturated heterocycles. The number of carbonyl (C=O) groups excluding carboxylic acids is 1. The molecule has 3 fully saturated rings. The molecule has 176 valence electrons. The summed E-state index contributed by atoms with van der Waals surface area (Å²) >= 11 is 0. The van der Waals surface area contributed by atoms with E-state index in [1.165, 1.54) is 5.56 Å². The van der Waals surface area contributed by atoms with Crippen LogP contribution in [-0.4, -0.2) is 55.9 Å². The van der Waals surface area contributed by atoms with Crippen LogP contribution in [-0.2, 0) is 11.2 Å². The van der Waals surface area contributed by atoms with Crippen LogP contribution in [0.3, 0.4) is 0 Å². The van der Waals surface area contributed by atoms with Gasteiger partial charge in [0, 0.05) is 18.2 Å². The Morgan fingerprint density at radius 3 is 2.58 bits per heavy atom. The lowest BCUT2D eigenvalue weighted by Crippen LogP contribution is -2.53. The summed E-state index contributed by atoms with van der Waals surface area (Å²) in [5.74, 6) is 1.55. The van der Waals surface area contributed by atoms with E-state index >= 15 is 0 Å². The molecule has 0 radical (unpaired) electrons. The van der Waals surface area contributed by atoms with Crippen molar-refractivity contribution in [3.8, 4) is 22.9 Å². The third kappa shape index (κ3) is 4.14. The lowest BCUT2D eigenvalue weighted by molar-refractivity contribution is -0.0348. The summed E-state index contributed by atoms with van der Waals surface area (Å²) in [6, 6.07) is 10.1. The Morgan fingerprint density at radius 2 is 1.91 bits per heavy atom. The van der Waals surface area contributed by atoms with Crippen molar-refractivity contribution in [1.29, 1.82) is 0 Å². The monoisotopic (exact) mass is 451 g/mol. The number of rotatable bonds is 5. The lowest BCUT2D eigenvalue weighted by atomic mass is 9.85. The summed E-state index contributed by atoms with van der Waals surface area (Å²) in [5, 5.41) is 3.20.